The summed E-state index contributed by atoms with van der Waals surface area (Å²) < 4.78 is 26.1. The first-order chi connectivity index (χ1) is 11.3. The van der Waals surface area contributed by atoms with E-state index in [0.717, 1.165) is 10.1 Å². The molecule has 1 saturated heterocycles. The number of amides is 1. The maximum Gasteiger partial charge on any atom is 0.265 e. The molecule has 0 aliphatic carbocycles. The van der Waals surface area contributed by atoms with Crippen molar-refractivity contribution in [1.29, 1.82) is 0 Å². The topological polar surface area (TPSA) is 57.7 Å². The number of rotatable bonds is 3. The minimum absolute atomic E-state index is 0.0733. The Kier molecular flexibility index (Phi) is 5.09. The molecule has 0 spiro atoms. The summed E-state index contributed by atoms with van der Waals surface area (Å²) in [7, 11) is -3.21. The first-order valence-electron chi connectivity index (χ1n) is 7.48. The number of sulfonamides is 1. The molecular weight excluding hydrogens is 391 g/mol. The van der Waals surface area contributed by atoms with Crippen LogP contribution in [-0.2, 0) is 10.0 Å². The molecule has 0 bridgehead atoms. The molecular formula is C15H16Cl2N2O3S2. The van der Waals surface area contributed by atoms with Gasteiger partial charge in [-0.2, -0.15) is 4.31 Å². The Bertz CT molecular complexity index is 888. The van der Waals surface area contributed by atoms with Gasteiger partial charge in [-0.15, -0.1) is 11.3 Å². The number of carbonyl (C=O) groups excluding carboxylic acids is 1. The van der Waals surface area contributed by atoms with Crippen LogP contribution in [0.3, 0.4) is 0 Å². The molecule has 1 amide bonds. The summed E-state index contributed by atoms with van der Waals surface area (Å²) in [5, 5.41) is 1.83. The minimum atomic E-state index is -3.21. The minimum Gasteiger partial charge on any atom is -0.335 e. The molecule has 5 nitrogen and oxygen atoms in total. The van der Waals surface area contributed by atoms with E-state index in [9.17, 15) is 13.2 Å². The Labute approximate surface area is 154 Å². The van der Waals surface area contributed by atoms with Gasteiger partial charge in [0, 0.05) is 41.3 Å². The second kappa shape index (κ2) is 6.80. The highest BCUT2D eigenvalue weighted by atomic mass is 35.5. The molecule has 0 atom stereocenters. The fourth-order valence-electron chi connectivity index (χ4n) is 2.67. The Hall–Kier alpha value is -0.860. The Morgan fingerprint density at radius 2 is 1.88 bits per heavy atom. The highest BCUT2D eigenvalue weighted by Gasteiger charge is 2.30. The summed E-state index contributed by atoms with van der Waals surface area (Å²) in [6.07, 6.45) is 0. The quantitative estimate of drug-likeness (QED) is 0.785. The molecule has 0 radical (unpaired) electrons. The van der Waals surface area contributed by atoms with Gasteiger partial charge in [0.15, 0.2) is 0 Å². The van der Waals surface area contributed by atoms with Crippen molar-refractivity contribution in [3.63, 3.8) is 0 Å². The average Bonchev–Trinajstić information content (AvgIpc) is 2.90. The molecule has 2 heterocycles. The molecule has 1 aromatic heterocycles. The van der Waals surface area contributed by atoms with Crippen LogP contribution in [0.15, 0.2) is 18.2 Å². The fraction of sp³-hybridized carbons (Fsp3) is 0.400. The lowest BCUT2D eigenvalue weighted by Crippen LogP contribution is -2.50. The normalized spacial score (nSPS) is 16.7. The van der Waals surface area contributed by atoms with Crippen molar-refractivity contribution in [2.45, 2.75) is 6.92 Å². The number of piperazine rings is 1. The van der Waals surface area contributed by atoms with E-state index in [2.05, 4.69) is 0 Å². The smallest absolute Gasteiger partial charge is 0.265 e. The second-order valence-electron chi connectivity index (χ2n) is 5.48. The first kappa shape index (κ1) is 17.9. The number of hydrogen-bond donors (Lipinski definition) is 0. The Morgan fingerprint density at radius 3 is 2.50 bits per heavy atom. The molecule has 24 heavy (non-hydrogen) atoms. The zero-order valence-corrected chi connectivity index (χ0v) is 16.1. The van der Waals surface area contributed by atoms with Crippen LogP contribution in [0.4, 0.5) is 0 Å². The summed E-state index contributed by atoms with van der Waals surface area (Å²) in [4.78, 5) is 14.9. The van der Waals surface area contributed by atoms with Crippen LogP contribution >= 0.6 is 34.5 Å². The SMILES string of the molecule is CCS(=O)(=O)N1CCN(C(=O)c2sc3cc(Cl)ccc3c2Cl)CC1. The van der Waals surface area contributed by atoms with Crippen LogP contribution < -0.4 is 0 Å². The maximum absolute atomic E-state index is 12.8. The van der Waals surface area contributed by atoms with Gasteiger partial charge in [-0.05, 0) is 19.1 Å². The van der Waals surface area contributed by atoms with Crippen LogP contribution in [0.2, 0.25) is 10.0 Å². The van der Waals surface area contributed by atoms with E-state index in [1.54, 1.807) is 30.0 Å². The largest absolute Gasteiger partial charge is 0.335 e. The average molecular weight is 407 g/mol. The van der Waals surface area contributed by atoms with Crippen LogP contribution in [0, 0.1) is 0 Å². The van der Waals surface area contributed by atoms with Crippen LogP contribution in [0.5, 0.6) is 0 Å². The third kappa shape index (κ3) is 3.28. The molecule has 130 valence electrons. The van der Waals surface area contributed by atoms with Gasteiger partial charge in [0.05, 0.1) is 10.8 Å². The van der Waals surface area contributed by atoms with Gasteiger partial charge >= 0.3 is 0 Å². The summed E-state index contributed by atoms with van der Waals surface area (Å²) >= 11 is 13.7. The lowest BCUT2D eigenvalue weighted by atomic mass is 10.2. The standard InChI is InChI=1S/C15H16Cl2N2O3S2/c1-2-24(21,22)19-7-5-18(6-8-19)15(20)14-13(17)11-4-3-10(16)9-12(11)23-14/h3-4,9H,2,5-8H2,1H3. The van der Waals surface area contributed by atoms with Crippen molar-refractivity contribution in [1.82, 2.24) is 9.21 Å². The number of halogens is 2. The lowest BCUT2D eigenvalue weighted by Gasteiger charge is -2.33. The number of nitrogens with zero attached hydrogens (tertiary/aromatic N) is 2. The summed E-state index contributed by atoms with van der Waals surface area (Å²) in [5.74, 6) is -0.0880. The van der Waals surface area contributed by atoms with Crippen LogP contribution in [0.1, 0.15) is 16.6 Å². The van der Waals surface area contributed by atoms with Crippen molar-refractivity contribution in [3.05, 3.63) is 33.1 Å². The first-order valence-corrected chi connectivity index (χ1v) is 10.7. The zero-order chi connectivity index (χ0) is 17.5. The molecule has 1 aliphatic heterocycles. The van der Waals surface area contributed by atoms with E-state index >= 15 is 0 Å². The van der Waals surface area contributed by atoms with E-state index in [1.807, 2.05) is 0 Å². The van der Waals surface area contributed by atoms with Crippen molar-refractivity contribution in [3.8, 4) is 0 Å². The number of fused-ring (bicyclic) bond motifs is 1. The maximum atomic E-state index is 12.8. The molecule has 1 aliphatic rings. The van der Waals surface area contributed by atoms with Crippen LogP contribution in [0.25, 0.3) is 10.1 Å². The van der Waals surface area contributed by atoms with E-state index in [-0.39, 0.29) is 11.7 Å². The highest BCUT2D eigenvalue weighted by Crippen LogP contribution is 2.37. The lowest BCUT2D eigenvalue weighted by molar-refractivity contribution is 0.0703. The second-order valence-corrected chi connectivity index (χ2v) is 9.60. The van der Waals surface area contributed by atoms with Crippen LogP contribution in [-0.4, -0.2) is 55.5 Å². The number of benzene rings is 1. The van der Waals surface area contributed by atoms with Gasteiger partial charge in [0.1, 0.15) is 4.88 Å². The highest BCUT2D eigenvalue weighted by molar-refractivity contribution is 7.89. The van der Waals surface area contributed by atoms with Crippen molar-refractivity contribution < 1.29 is 13.2 Å². The van der Waals surface area contributed by atoms with Gasteiger partial charge in [0.25, 0.3) is 5.91 Å². The van der Waals surface area contributed by atoms with E-state index in [0.29, 0.717) is 41.1 Å². The van der Waals surface area contributed by atoms with Gasteiger partial charge in [-0.3, -0.25) is 4.79 Å². The van der Waals surface area contributed by atoms with E-state index in [1.165, 1.54) is 15.6 Å². The summed E-state index contributed by atoms with van der Waals surface area (Å²) in [6, 6.07) is 5.33. The summed E-state index contributed by atoms with van der Waals surface area (Å²) in [6.45, 7) is 2.98. The van der Waals surface area contributed by atoms with Crippen molar-refractivity contribution >= 4 is 60.6 Å². The zero-order valence-electron chi connectivity index (χ0n) is 13.0. The molecule has 1 aromatic carbocycles. The third-order valence-electron chi connectivity index (χ3n) is 4.07. The molecule has 9 heteroatoms. The fourth-order valence-corrected chi connectivity index (χ4v) is 5.51. The monoisotopic (exact) mass is 406 g/mol. The van der Waals surface area contributed by atoms with Crippen molar-refractivity contribution in [2.75, 3.05) is 31.9 Å². The van der Waals surface area contributed by atoms with E-state index < -0.39 is 10.0 Å². The van der Waals surface area contributed by atoms with Gasteiger partial charge < -0.3 is 4.90 Å². The number of thiophene rings is 1. The molecule has 0 saturated carbocycles. The molecule has 0 unspecified atom stereocenters. The molecule has 2 aromatic rings. The van der Waals surface area contributed by atoms with E-state index in [4.69, 9.17) is 23.2 Å². The number of hydrogen-bond acceptors (Lipinski definition) is 4. The van der Waals surface area contributed by atoms with Crippen molar-refractivity contribution in [2.24, 2.45) is 0 Å². The van der Waals surface area contributed by atoms with Gasteiger partial charge in [-0.1, -0.05) is 29.3 Å². The third-order valence-corrected chi connectivity index (χ3v) is 7.83. The molecule has 1 fully saturated rings. The summed E-state index contributed by atoms with van der Waals surface area (Å²) in [5.41, 5.74) is 0. The molecule has 0 N–H and O–H groups in total. The Morgan fingerprint density at radius 1 is 1.21 bits per heavy atom. The predicted octanol–water partition coefficient (Wildman–Crippen LogP) is 3.32. The number of carbonyl (C=O) groups is 1. The van der Waals surface area contributed by atoms with Gasteiger partial charge in [-0.25, -0.2) is 8.42 Å². The predicted molar refractivity (Wildman–Crippen MR) is 98.8 cm³/mol. The molecule has 3 rings (SSSR count). The van der Waals surface area contributed by atoms with Gasteiger partial charge in [0.2, 0.25) is 10.0 Å². The Balaban J connectivity index is 1.80.